The summed E-state index contributed by atoms with van der Waals surface area (Å²) in [4.78, 5) is 10.4. The number of unbranched alkanes of at least 4 members (excludes halogenated alkanes) is 4. The van der Waals surface area contributed by atoms with E-state index in [2.05, 4.69) is 6.92 Å². The van der Waals surface area contributed by atoms with Gasteiger partial charge in [0.15, 0.2) is 0 Å². The minimum atomic E-state index is -0.529. The molecule has 3 heteroatoms. The van der Waals surface area contributed by atoms with E-state index in [1.165, 1.54) is 19.3 Å². The summed E-state index contributed by atoms with van der Waals surface area (Å²) in [5, 5.41) is 9.28. The number of aliphatic hydroxyl groups is 1. The van der Waals surface area contributed by atoms with Gasteiger partial charge in [0.05, 0.1) is 12.5 Å². The van der Waals surface area contributed by atoms with E-state index in [0.29, 0.717) is 6.42 Å². The first-order chi connectivity index (χ1) is 6.16. The smallest absolute Gasteiger partial charge is 0.220 e. The minimum Gasteiger partial charge on any atom is -0.393 e. The Morgan fingerprint density at radius 1 is 1.31 bits per heavy atom. The predicted octanol–water partition coefficient (Wildman–Crippen LogP) is 1.58. The molecular weight excluding hydrogens is 166 g/mol. The maximum atomic E-state index is 10.4. The lowest BCUT2D eigenvalue weighted by molar-refractivity contribution is -0.119. The van der Waals surface area contributed by atoms with Crippen LogP contribution in [0, 0.1) is 0 Å². The second kappa shape index (κ2) is 8.05. The van der Waals surface area contributed by atoms with Crippen LogP contribution in [0.1, 0.15) is 51.9 Å². The molecule has 0 heterocycles. The average molecular weight is 187 g/mol. The van der Waals surface area contributed by atoms with Gasteiger partial charge in [0, 0.05) is 0 Å². The highest BCUT2D eigenvalue weighted by Crippen LogP contribution is 2.08. The van der Waals surface area contributed by atoms with E-state index in [1.54, 1.807) is 0 Å². The van der Waals surface area contributed by atoms with Crippen LogP contribution in [0.25, 0.3) is 0 Å². The Morgan fingerprint density at radius 2 is 1.92 bits per heavy atom. The van der Waals surface area contributed by atoms with E-state index < -0.39 is 12.0 Å². The molecule has 0 aliphatic rings. The van der Waals surface area contributed by atoms with Crippen molar-refractivity contribution in [3.05, 3.63) is 0 Å². The van der Waals surface area contributed by atoms with Gasteiger partial charge in [-0.15, -0.1) is 0 Å². The van der Waals surface area contributed by atoms with Crippen molar-refractivity contribution in [2.75, 3.05) is 0 Å². The Kier molecular flexibility index (Phi) is 7.69. The van der Waals surface area contributed by atoms with E-state index >= 15 is 0 Å². The van der Waals surface area contributed by atoms with Crippen molar-refractivity contribution in [2.24, 2.45) is 5.73 Å². The molecule has 0 aromatic heterocycles. The number of carbonyl (C=O) groups is 1. The highest BCUT2D eigenvalue weighted by molar-refractivity contribution is 5.74. The lowest BCUT2D eigenvalue weighted by Gasteiger charge is -2.07. The molecule has 1 atom stereocenters. The van der Waals surface area contributed by atoms with Crippen LogP contribution in [0.2, 0.25) is 0 Å². The zero-order valence-corrected chi connectivity index (χ0v) is 8.46. The van der Waals surface area contributed by atoms with Crippen molar-refractivity contribution < 1.29 is 9.90 Å². The SMILES string of the molecule is CCCCCCC[C@H](O)CC(N)=O. The lowest BCUT2D eigenvalue weighted by Crippen LogP contribution is -2.19. The van der Waals surface area contributed by atoms with Crippen LogP contribution in [-0.4, -0.2) is 17.1 Å². The summed E-state index contributed by atoms with van der Waals surface area (Å²) in [6.07, 6.45) is 6.12. The standard InChI is InChI=1S/C10H21NO2/c1-2-3-4-5-6-7-9(12)8-10(11)13/h9,12H,2-8H2,1H3,(H2,11,13)/t9-/m0/s1. The van der Waals surface area contributed by atoms with Gasteiger partial charge >= 0.3 is 0 Å². The van der Waals surface area contributed by atoms with Crippen LogP contribution in [0.5, 0.6) is 0 Å². The summed E-state index contributed by atoms with van der Waals surface area (Å²) in [6.45, 7) is 2.17. The summed E-state index contributed by atoms with van der Waals surface area (Å²) in [5.41, 5.74) is 4.95. The fourth-order valence-corrected chi connectivity index (χ4v) is 1.32. The Hall–Kier alpha value is -0.570. The highest BCUT2D eigenvalue weighted by Gasteiger charge is 2.06. The third-order valence-corrected chi connectivity index (χ3v) is 2.08. The number of amides is 1. The monoisotopic (exact) mass is 187 g/mol. The van der Waals surface area contributed by atoms with E-state index in [-0.39, 0.29) is 6.42 Å². The zero-order chi connectivity index (χ0) is 10.1. The van der Waals surface area contributed by atoms with Gasteiger partial charge in [0.2, 0.25) is 5.91 Å². The molecule has 0 aromatic carbocycles. The number of carbonyl (C=O) groups excluding carboxylic acids is 1. The first-order valence-corrected chi connectivity index (χ1v) is 5.13. The van der Waals surface area contributed by atoms with Crippen LogP contribution in [0.3, 0.4) is 0 Å². The van der Waals surface area contributed by atoms with Gasteiger partial charge in [-0.2, -0.15) is 0 Å². The average Bonchev–Trinajstić information content (AvgIpc) is 2.02. The summed E-state index contributed by atoms with van der Waals surface area (Å²) >= 11 is 0. The number of hydrogen-bond donors (Lipinski definition) is 2. The fraction of sp³-hybridized carbons (Fsp3) is 0.900. The molecule has 0 saturated carbocycles. The van der Waals surface area contributed by atoms with Crippen molar-refractivity contribution in [2.45, 2.75) is 58.0 Å². The van der Waals surface area contributed by atoms with E-state index in [1.807, 2.05) is 0 Å². The number of hydrogen-bond acceptors (Lipinski definition) is 2. The molecule has 0 rings (SSSR count). The first-order valence-electron chi connectivity index (χ1n) is 5.13. The second-order valence-electron chi connectivity index (χ2n) is 3.53. The van der Waals surface area contributed by atoms with Gasteiger partial charge in [-0.05, 0) is 6.42 Å². The molecule has 3 N–H and O–H groups in total. The van der Waals surface area contributed by atoms with Gasteiger partial charge < -0.3 is 10.8 Å². The maximum absolute atomic E-state index is 10.4. The molecule has 0 aliphatic carbocycles. The molecule has 0 aliphatic heterocycles. The summed E-state index contributed by atoms with van der Waals surface area (Å²) in [7, 11) is 0. The third-order valence-electron chi connectivity index (χ3n) is 2.08. The molecule has 78 valence electrons. The van der Waals surface area contributed by atoms with Gasteiger partial charge in [-0.25, -0.2) is 0 Å². The highest BCUT2D eigenvalue weighted by atomic mass is 16.3. The first kappa shape index (κ1) is 12.4. The molecule has 0 fully saturated rings. The van der Waals surface area contributed by atoms with E-state index in [9.17, 15) is 9.90 Å². The molecule has 0 saturated heterocycles. The minimum absolute atomic E-state index is 0.105. The summed E-state index contributed by atoms with van der Waals surface area (Å²) in [6, 6.07) is 0. The lowest BCUT2D eigenvalue weighted by atomic mass is 10.1. The molecule has 0 spiro atoms. The van der Waals surface area contributed by atoms with Crippen LogP contribution in [0.4, 0.5) is 0 Å². The predicted molar refractivity (Wildman–Crippen MR) is 53.2 cm³/mol. The number of primary amides is 1. The molecular formula is C10H21NO2. The molecule has 0 unspecified atom stereocenters. The second-order valence-corrected chi connectivity index (χ2v) is 3.53. The van der Waals surface area contributed by atoms with E-state index in [4.69, 9.17) is 5.73 Å². The molecule has 3 nitrogen and oxygen atoms in total. The number of aliphatic hydroxyl groups excluding tert-OH is 1. The Balaban J connectivity index is 3.17. The van der Waals surface area contributed by atoms with E-state index in [0.717, 1.165) is 12.8 Å². The zero-order valence-electron chi connectivity index (χ0n) is 8.46. The van der Waals surface area contributed by atoms with Gasteiger partial charge in [0.25, 0.3) is 0 Å². The molecule has 0 radical (unpaired) electrons. The molecule has 13 heavy (non-hydrogen) atoms. The number of rotatable bonds is 8. The van der Waals surface area contributed by atoms with Crippen LogP contribution < -0.4 is 5.73 Å². The summed E-state index contributed by atoms with van der Waals surface area (Å²) < 4.78 is 0. The topological polar surface area (TPSA) is 63.3 Å². The van der Waals surface area contributed by atoms with Crippen molar-refractivity contribution in [3.8, 4) is 0 Å². The van der Waals surface area contributed by atoms with Gasteiger partial charge in [-0.1, -0.05) is 39.0 Å². The molecule has 1 amide bonds. The van der Waals surface area contributed by atoms with Crippen molar-refractivity contribution in [1.82, 2.24) is 0 Å². The Labute approximate surface area is 80.3 Å². The Morgan fingerprint density at radius 3 is 2.46 bits per heavy atom. The largest absolute Gasteiger partial charge is 0.393 e. The molecule has 0 aromatic rings. The van der Waals surface area contributed by atoms with Crippen LogP contribution >= 0.6 is 0 Å². The van der Waals surface area contributed by atoms with Crippen LogP contribution in [-0.2, 0) is 4.79 Å². The van der Waals surface area contributed by atoms with Crippen molar-refractivity contribution in [1.29, 1.82) is 0 Å². The van der Waals surface area contributed by atoms with Crippen LogP contribution in [0.15, 0.2) is 0 Å². The quantitative estimate of drug-likeness (QED) is 0.567. The third kappa shape index (κ3) is 9.34. The van der Waals surface area contributed by atoms with Gasteiger partial charge in [0.1, 0.15) is 0 Å². The Bertz CT molecular complexity index is 137. The fourth-order valence-electron chi connectivity index (χ4n) is 1.32. The van der Waals surface area contributed by atoms with Crippen molar-refractivity contribution >= 4 is 5.91 Å². The summed E-state index contributed by atoms with van der Waals surface area (Å²) in [5.74, 6) is -0.416. The number of nitrogens with two attached hydrogens (primary N) is 1. The normalized spacial score (nSPS) is 12.8. The molecule has 0 bridgehead atoms. The maximum Gasteiger partial charge on any atom is 0.220 e. The van der Waals surface area contributed by atoms with Gasteiger partial charge in [-0.3, -0.25) is 4.79 Å². The van der Waals surface area contributed by atoms with Crippen molar-refractivity contribution in [3.63, 3.8) is 0 Å².